The van der Waals surface area contributed by atoms with Crippen LogP contribution in [0.3, 0.4) is 0 Å². The number of hydrogen-bond acceptors (Lipinski definition) is 6. The van der Waals surface area contributed by atoms with Crippen LogP contribution in [0.4, 0.5) is 0 Å². The monoisotopic (exact) mass is 411 g/mol. The van der Waals surface area contributed by atoms with Crippen LogP contribution >= 0.6 is 0 Å². The molecule has 0 saturated carbocycles. The van der Waals surface area contributed by atoms with Gasteiger partial charge in [-0.05, 0) is 29.7 Å². The van der Waals surface area contributed by atoms with E-state index in [2.05, 4.69) is 0 Å². The van der Waals surface area contributed by atoms with E-state index in [4.69, 9.17) is 9.47 Å². The number of ether oxygens (including phenoxy) is 2. The van der Waals surface area contributed by atoms with E-state index in [9.17, 15) is 19.8 Å². The number of nitrogens with zero attached hydrogens (tertiary/aromatic N) is 1. The Bertz CT molecular complexity index is 953. The maximum Gasteiger partial charge on any atom is 0.290 e. The lowest BCUT2D eigenvalue weighted by atomic mass is 9.93. The molecule has 0 bridgehead atoms. The quantitative estimate of drug-likeness (QED) is 0.659. The third kappa shape index (κ3) is 4.31. The Morgan fingerprint density at radius 2 is 1.83 bits per heavy atom. The van der Waals surface area contributed by atoms with E-state index in [-0.39, 0.29) is 42.4 Å². The number of aliphatic hydroxyl groups is 1. The van der Waals surface area contributed by atoms with Gasteiger partial charge in [0.1, 0.15) is 0 Å². The van der Waals surface area contributed by atoms with E-state index < -0.39 is 17.7 Å². The lowest BCUT2D eigenvalue weighted by molar-refractivity contribution is -0.130. The maximum atomic E-state index is 13.1. The lowest BCUT2D eigenvalue weighted by Crippen LogP contribution is -2.34. The molecule has 3 rings (SSSR count). The smallest absolute Gasteiger partial charge is 0.290 e. The van der Waals surface area contributed by atoms with Gasteiger partial charge >= 0.3 is 0 Å². The summed E-state index contributed by atoms with van der Waals surface area (Å²) in [6.07, 6.45) is 0.636. The van der Waals surface area contributed by atoms with Crippen molar-refractivity contribution in [2.75, 3.05) is 27.4 Å². The molecule has 2 aromatic rings. The van der Waals surface area contributed by atoms with Crippen molar-refractivity contribution in [3.8, 4) is 11.5 Å². The number of aliphatic hydroxyl groups excluding tert-OH is 1. The average molecular weight is 411 g/mol. The number of hydrogen-bond donors (Lipinski definition) is 2. The number of amides is 1. The zero-order chi connectivity index (χ0) is 21.7. The number of benzene rings is 2. The van der Waals surface area contributed by atoms with E-state index >= 15 is 0 Å². The zero-order valence-corrected chi connectivity index (χ0v) is 17.0. The molecule has 1 aliphatic heterocycles. The molecule has 0 spiro atoms. The number of phenols is 1. The van der Waals surface area contributed by atoms with Gasteiger partial charge in [-0.3, -0.25) is 9.59 Å². The van der Waals surface area contributed by atoms with Crippen LogP contribution in [0, 0.1) is 0 Å². The van der Waals surface area contributed by atoms with Gasteiger partial charge in [0.05, 0.1) is 25.3 Å². The molecule has 158 valence electrons. The van der Waals surface area contributed by atoms with Crippen LogP contribution in [-0.4, -0.2) is 54.2 Å². The Labute approximate surface area is 175 Å². The fourth-order valence-electron chi connectivity index (χ4n) is 3.62. The third-order valence-electron chi connectivity index (χ3n) is 5.14. The van der Waals surface area contributed by atoms with Crippen molar-refractivity contribution in [1.29, 1.82) is 0 Å². The van der Waals surface area contributed by atoms with Gasteiger partial charge in [-0.15, -0.1) is 0 Å². The molecule has 1 aliphatic rings. The van der Waals surface area contributed by atoms with Crippen LogP contribution in [0.2, 0.25) is 0 Å². The number of methoxy groups -OCH3 is 2. The Balaban J connectivity index is 1.93. The largest absolute Gasteiger partial charge is 0.504 e. The molecule has 0 saturated heterocycles. The zero-order valence-electron chi connectivity index (χ0n) is 17.0. The molecule has 2 aromatic carbocycles. The SMILES string of the molecule is COCCN1C(=O)C(O)=C(C(=O)CCc2ccccc2)C1c1ccc(OC)c(O)c1. The molecule has 0 fully saturated rings. The van der Waals surface area contributed by atoms with Gasteiger partial charge in [-0.25, -0.2) is 0 Å². The molecule has 7 heteroatoms. The summed E-state index contributed by atoms with van der Waals surface area (Å²) in [4.78, 5) is 27.2. The second-order valence-corrected chi connectivity index (χ2v) is 7.00. The Morgan fingerprint density at radius 1 is 1.10 bits per heavy atom. The molecule has 30 heavy (non-hydrogen) atoms. The molecule has 1 atom stereocenters. The number of ketones is 1. The summed E-state index contributed by atoms with van der Waals surface area (Å²) >= 11 is 0. The van der Waals surface area contributed by atoms with Crippen LogP contribution in [-0.2, 0) is 20.7 Å². The number of phenolic OH excluding ortho intramolecular Hbond substituents is 1. The molecular weight excluding hydrogens is 386 g/mol. The van der Waals surface area contributed by atoms with Crippen molar-refractivity contribution >= 4 is 11.7 Å². The summed E-state index contributed by atoms with van der Waals surface area (Å²) in [5.41, 5.74) is 1.53. The number of carbonyl (C=O) groups is 2. The van der Waals surface area contributed by atoms with Gasteiger partial charge in [0.25, 0.3) is 5.91 Å². The molecule has 0 aromatic heterocycles. The van der Waals surface area contributed by atoms with Crippen molar-refractivity contribution in [2.45, 2.75) is 18.9 Å². The van der Waals surface area contributed by atoms with E-state index in [1.165, 1.54) is 25.2 Å². The molecule has 1 amide bonds. The summed E-state index contributed by atoms with van der Waals surface area (Å²) < 4.78 is 10.2. The third-order valence-corrected chi connectivity index (χ3v) is 5.14. The van der Waals surface area contributed by atoms with Crippen molar-refractivity contribution in [3.05, 3.63) is 71.0 Å². The molecule has 1 heterocycles. The average Bonchev–Trinajstić information content (AvgIpc) is 3.01. The van der Waals surface area contributed by atoms with E-state index in [0.29, 0.717) is 12.0 Å². The Morgan fingerprint density at radius 3 is 2.47 bits per heavy atom. The van der Waals surface area contributed by atoms with Crippen molar-refractivity contribution < 1.29 is 29.3 Å². The first kappa shape index (κ1) is 21.4. The predicted octanol–water partition coefficient (Wildman–Crippen LogP) is 2.94. The maximum absolute atomic E-state index is 13.1. The second kappa shape index (κ2) is 9.45. The number of aromatic hydroxyl groups is 1. The highest BCUT2D eigenvalue weighted by Gasteiger charge is 2.43. The fourth-order valence-corrected chi connectivity index (χ4v) is 3.62. The minimum atomic E-state index is -0.812. The Kier molecular flexibility index (Phi) is 6.74. The summed E-state index contributed by atoms with van der Waals surface area (Å²) in [5, 5.41) is 20.7. The van der Waals surface area contributed by atoms with Crippen molar-refractivity contribution in [3.63, 3.8) is 0 Å². The van der Waals surface area contributed by atoms with Gasteiger partial charge in [0.15, 0.2) is 23.0 Å². The summed E-state index contributed by atoms with van der Waals surface area (Å²) in [6, 6.07) is 13.4. The van der Waals surface area contributed by atoms with Gasteiger partial charge < -0.3 is 24.6 Å². The highest BCUT2D eigenvalue weighted by Crippen LogP contribution is 2.40. The first-order valence-electron chi connectivity index (χ1n) is 9.65. The van der Waals surface area contributed by atoms with Gasteiger partial charge in [0, 0.05) is 20.1 Å². The number of carbonyl (C=O) groups excluding carboxylic acids is 2. The molecule has 0 radical (unpaired) electrons. The molecule has 2 N–H and O–H groups in total. The Hall–Kier alpha value is -3.32. The minimum absolute atomic E-state index is 0.0385. The molecule has 0 aliphatic carbocycles. The molecule has 1 unspecified atom stereocenters. The van der Waals surface area contributed by atoms with E-state index in [0.717, 1.165) is 5.56 Å². The number of rotatable bonds is 9. The number of aryl methyl sites for hydroxylation is 1. The van der Waals surface area contributed by atoms with Crippen LogP contribution in [0.15, 0.2) is 59.9 Å². The molecule has 7 nitrogen and oxygen atoms in total. The highest BCUT2D eigenvalue weighted by atomic mass is 16.5. The van der Waals surface area contributed by atoms with Crippen LogP contribution < -0.4 is 4.74 Å². The van der Waals surface area contributed by atoms with Gasteiger partial charge in [0.2, 0.25) is 0 Å². The molecular formula is C23H25NO6. The van der Waals surface area contributed by atoms with Crippen LogP contribution in [0.25, 0.3) is 0 Å². The van der Waals surface area contributed by atoms with Gasteiger partial charge in [-0.1, -0.05) is 36.4 Å². The standard InChI is InChI=1S/C23H25NO6/c1-29-13-12-24-21(16-9-11-19(30-2)18(26)14-16)20(22(27)23(24)28)17(25)10-8-15-6-4-3-5-7-15/h3-7,9,11,14,21,26-27H,8,10,12-13H2,1-2H3. The summed E-state index contributed by atoms with van der Waals surface area (Å²) in [6.45, 7) is 0.426. The second-order valence-electron chi connectivity index (χ2n) is 7.00. The minimum Gasteiger partial charge on any atom is -0.504 e. The van der Waals surface area contributed by atoms with Gasteiger partial charge in [-0.2, -0.15) is 0 Å². The summed E-state index contributed by atoms with van der Waals surface area (Å²) in [7, 11) is 2.94. The number of Topliss-reactive ketones (excluding diaryl/α,β-unsaturated/α-hetero) is 1. The predicted molar refractivity (Wildman–Crippen MR) is 110 cm³/mol. The van der Waals surface area contributed by atoms with E-state index in [1.54, 1.807) is 12.1 Å². The van der Waals surface area contributed by atoms with Crippen molar-refractivity contribution in [2.24, 2.45) is 0 Å². The highest BCUT2D eigenvalue weighted by molar-refractivity contribution is 6.09. The summed E-state index contributed by atoms with van der Waals surface area (Å²) in [5.74, 6) is -1.34. The topological polar surface area (TPSA) is 96.3 Å². The lowest BCUT2D eigenvalue weighted by Gasteiger charge is -2.27. The first-order valence-corrected chi connectivity index (χ1v) is 9.65. The van der Waals surface area contributed by atoms with Crippen molar-refractivity contribution in [1.82, 2.24) is 4.90 Å². The van der Waals surface area contributed by atoms with E-state index in [1.807, 2.05) is 30.3 Å². The van der Waals surface area contributed by atoms with Crippen LogP contribution in [0.1, 0.15) is 23.6 Å². The van der Waals surface area contributed by atoms with Crippen LogP contribution in [0.5, 0.6) is 11.5 Å². The fraction of sp³-hybridized carbons (Fsp3) is 0.304. The normalized spacial score (nSPS) is 16.3. The first-order chi connectivity index (χ1) is 14.5.